The highest BCUT2D eigenvalue weighted by Crippen LogP contribution is 2.34. The lowest BCUT2D eigenvalue weighted by Gasteiger charge is -2.10. The van der Waals surface area contributed by atoms with Gasteiger partial charge in [0.25, 0.3) is 0 Å². The number of imidazole rings is 1. The Bertz CT molecular complexity index is 1280. The zero-order chi connectivity index (χ0) is 24.0. The van der Waals surface area contributed by atoms with Gasteiger partial charge in [0, 0.05) is 23.2 Å². The maximum absolute atomic E-state index is 14.6. The molecule has 0 aliphatic rings. The van der Waals surface area contributed by atoms with Crippen LogP contribution in [-0.2, 0) is 12.7 Å². The molecule has 1 aromatic carbocycles. The first-order valence-corrected chi connectivity index (χ1v) is 10.0. The van der Waals surface area contributed by atoms with E-state index in [2.05, 4.69) is 20.4 Å². The molecule has 0 radical (unpaired) electrons. The standard InChI is InChI=1S/C19H13F7N6S/c1-10-6-31(9-27-10)14-3-2-11(4-12(14)20)13-7-33-17(28-13)29-16-5-15(19(24,25)26)30-32(16)8-18(21,22)23/h2-7,9H,8H2,1H3,(H,28,29). The highest BCUT2D eigenvalue weighted by atomic mass is 32.1. The summed E-state index contributed by atoms with van der Waals surface area (Å²) >= 11 is 0.929. The summed E-state index contributed by atoms with van der Waals surface area (Å²) in [5.41, 5.74) is 0.138. The van der Waals surface area contributed by atoms with E-state index >= 15 is 0 Å². The first kappa shape index (κ1) is 22.8. The number of anilines is 2. The number of aromatic nitrogens is 5. The summed E-state index contributed by atoms with van der Waals surface area (Å²) in [6.07, 6.45) is -6.61. The van der Waals surface area contributed by atoms with Crippen LogP contribution in [0.25, 0.3) is 16.9 Å². The molecule has 14 heteroatoms. The second kappa shape index (κ2) is 8.17. The molecule has 0 aliphatic carbocycles. The van der Waals surface area contributed by atoms with Gasteiger partial charge in [0.15, 0.2) is 10.8 Å². The van der Waals surface area contributed by atoms with E-state index in [1.807, 2.05) is 0 Å². The lowest BCUT2D eigenvalue weighted by atomic mass is 10.1. The number of nitrogens with one attached hydrogen (secondary N) is 1. The Morgan fingerprint density at radius 1 is 1.09 bits per heavy atom. The van der Waals surface area contributed by atoms with Crippen molar-refractivity contribution >= 4 is 22.3 Å². The van der Waals surface area contributed by atoms with Gasteiger partial charge in [-0.15, -0.1) is 11.3 Å². The number of hydrogen-bond donors (Lipinski definition) is 1. The van der Waals surface area contributed by atoms with Gasteiger partial charge in [0.2, 0.25) is 0 Å². The maximum Gasteiger partial charge on any atom is 0.435 e. The van der Waals surface area contributed by atoms with Gasteiger partial charge in [-0.1, -0.05) is 6.07 Å². The van der Waals surface area contributed by atoms with Gasteiger partial charge in [-0.25, -0.2) is 19.0 Å². The van der Waals surface area contributed by atoms with Gasteiger partial charge in [0.1, 0.15) is 18.2 Å². The molecular formula is C19H13F7N6S. The minimum Gasteiger partial charge on any atom is -0.316 e. The third-order valence-electron chi connectivity index (χ3n) is 4.37. The van der Waals surface area contributed by atoms with Crippen LogP contribution in [0.15, 0.2) is 42.2 Å². The lowest BCUT2D eigenvalue weighted by Crippen LogP contribution is -2.20. The average molecular weight is 490 g/mol. The monoisotopic (exact) mass is 490 g/mol. The fourth-order valence-electron chi connectivity index (χ4n) is 2.95. The number of aryl methyl sites for hydroxylation is 1. The number of nitrogens with zero attached hydrogens (tertiary/aromatic N) is 5. The SMILES string of the molecule is Cc1cn(-c2ccc(-c3csc(Nc4cc(C(F)(F)F)nn4CC(F)(F)F)n3)cc2F)cn1. The van der Waals surface area contributed by atoms with Gasteiger partial charge in [-0.2, -0.15) is 31.4 Å². The van der Waals surface area contributed by atoms with Crippen molar-refractivity contribution in [2.75, 3.05) is 5.32 Å². The highest BCUT2D eigenvalue weighted by molar-refractivity contribution is 7.14. The summed E-state index contributed by atoms with van der Waals surface area (Å²) in [7, 11) is 0. The summed E-state index contributed by atoms with van der Waals surface area (Å²) in [6.45, 7) is 0.0367. The highest BCUT2D eigenvalue weighted by Gasteiger charge is 2.37. The van der Waals surface area contributed by atoms with Crippen LogP contribution in [0, 0.1) is 12.7 Å². The van der Waals surface area contributed by atoms with Gasteiger partial charge >= 0.3 is 12.4 Å². The van der Waals surface area contributed by atoms with Crippen LogP contribution in [0.4, 0.5) is 41.7 Å². The molecule has 0 spiro atoms. The molecule has 0 saturated carbocycles. The molecule has 0 saturated heterocycles. The Hall–Kier alpha value is -3.42. The molecule has 3 aromatic heterocycles. The predicted octanol–water partition coefficient (Wildman–Crippen LogP) is 5.96. The number of halogens is 7. The second-order valence-electron chi connectivity index (χ2n) is 6.94. The second-order valence-corrected chi connectivity index (χ2v) is 7.79. The van der Waals surface area contributed by atoms with E-state index in [0.29, 0.717) is 17.3 Å². The van der Waals surface area contributed by atoms with Gasteiger partial charge in [0.05, 0.1) is 23.4 Å². The Morgan fingerprint density at radius 3 is 2.45 bits per heavy atom. The van der Waals surface area contributed by atoms with E-state index in [0.717, 1.165) is 11.3 Å². The Labute approximate surface area is 185 Å². The van der Waals surface area contributed by atoms with Crippen LogP contribution in [0.2, 0.25) is 0 Å². The Morgan fingerprint density at radius 2 is 1.85 bits per heavy atom. The normalized spacial score (nSPS) is 12.4. The molecule has 1 N–H and O–H groups in total. The molecule has 0 fully saturated rings. The van der Waals surface area contributed by atoms with Crippen molar-refractivity contribution in [1.29, 1.82) is 0 Å². The number of hydrogen-bond acceptors (Lipinski definition) is 5. The molecule has 0 bridgehead atoms. The molecule has 0 amide bonds. The van der Waals surface area contributed by atoms with Gasteiger partial charge in [-0.3, -0.25) is 0 Å². The van der Waals surface area contributed by atoms with E-state index in [9.17, 15) is 30.7 Å². The van der Waals surface area contributed by atoms with Crippen molar-refractivity contribution in [2.24, 2.45) is 0 Å². The van der Waals surface area contributed by atoms with Crippen LogP contribution < -0.4 is 5.32 Å². The van der Waals surface area contributed by atoms with Crippen molar-refractivity contribution < 1.29 is 30.7 Å². The molecule has 174 valence electrons. The molecule has 0 atom stereocenters. The number of benzene rings is 1. The number of alkyl halides is 6. The third-order valence-corrected chi connectivity index (χ3v) is 5.13. The van der Waals surface area contributed by atoms with Crippen molar-refractivity contribution in [1.82, 2.24) is 24.3 Å². The first-order valence-electron chi connectivity index (χ1n) is 9.14. The fourth-order valence-corrected chi connectivity index (χ4v) is 3.67. The van der Waals surface area contributed by atoms with E-state index in [4.69, 9.17) is 0 Å². The van der Waals surface area contributed by atoms with E-state index < -0.39 is 36.2 Å². The zero-order valence-corrected chi connectivity index (χ0v) is 17.4. The molecule has 4 aromatic rings. The van der Waals surface area contributed by atoms with Gasteiger partial charge in [-0.05, 0) is 19.1 Å². The summed E-state index contributed by atoms with van der Waals surface area (Å²) in [5, 5.41) is 6.95. The maximum atomic E-state index is 14.6. The van der Waals surface area contributed by atoms with Crippen LogP contribution in [0.5, 0.6) is 0 Å². The minimum atomic E-state index is -4.92. The van der Waals surface area contributed by atoms with Crippen molar-refractivity contribution in [3.63, 3.8) is 0 Å². The van der Waals surface area contributed by atoms with Crippen LogP contribution >= 0.6 is 11.3 Å². The Balaban J connectivity index is 1.59. The molecule has 33 heavy (non-hydrogen) atoms. The van der Waals surface area contributed by atoms with E-state index in [-0.39, 0.29) is 21.2 Å². The van der Waals surface area contributed by atoms with Gasteiger partial charge < -0.3 is 9.88 Å². The van der Waals surface area contributed by atoms with Crippen molar-refractivity contribution in [2.45, 2.75) is 25.8 Å². The Kier molecular flexibility index (Phi) is 5.64. The predicted molar refractivity (Wildman–Crippen MR) is 106 cm³/mol. The van der Waals surface area contributed by atoms with E-state index in [1.165, 1.54) is 28.4 Å². The molecule has 3 heterocycles. The lowest BCUT2D eigenvalue weighted by molar-refractivity contribution is -0.148. The number of rotatable bonds is 5. The minimum absolute atomic E-state index is 0.0109. The van der Waals surface area contributed by atoms with E-state index in [1.54, 1.807) is 19.2 Å². The van der Waals surface area contributed by atoms with Crippen molar-refractivity contribution in [3.8, 4) is 16.9 Å². The fraction of sp³-hybridized carbons (Fsp3) is 0.211. The molecule has 6 nitrogen and oxygen atoms in total. The quantitative estimate of drug-likeness (QED) is 0.351. The average Bonchev–Trinajstić information content (AvgIpc) is 3.41. The third kappa shape index (κ3) is 5.16. The molecule has 0 unspecified atom stereocenters. The van der Waals surface area contributed by atoms with Crippen LogP contribution in [0.1, 0.15) is 11.4 Å². The number of thiazole rings is 1. The van der Waals surface area contributed by atoms with Crippen molar-refractivity contribution in [3.05, 3.63) is 59.4 Å². The van der Waals surface area contributed by atoms with Crippen LogP contribution in [0.3, 0.4) is 0 Å². The summed E-state index contributed by atoms with van der Waals surface area (Å²) in [5.74, 6) is -1.09. The topological polar surface area (TPSA) is 60.6 Å². The largest absolute Gasteiger partial charge is 0.435 e. The first-order chi connectivity index (χ1) is 15.4. The summed E-state index contributed by atoms with van der Waals surface area (Å²) in [4.78, 5) is 8.18. The molecule has 4 rings (SSSR count). The smallest absolute Gasteiger partial charge is 0.316 e. The summed E-state index contributed by atoms with van der Waals surface area (Å²) < 4.78 is 93.4. The summed E-state index contributed by atoms with van der Waals surface area (Å²) in [6, 6.07) is 4.78. The van der Waals surface area contributed by atoms with Crippen LogP contribution in [-0.4, -0.2) is 30.5 Å². The molecule has 0 aliphatic heterocycles. The molecular weight excluding hydrogens is 477 g/mol. The zero-order valence-electron chi connectivity index (χ0n) is 16.5.